The number of aromatic amines is 1. The number of aliphatic hydroxyl groups excluding tert-OH is 1. The quantitative estimate of drug-likeness (QED) is 0.223. The van der Waals surface area contributed by atoms with Crippen LogP contribution in [0.1, 0.15) is 59.7 Å². The molecule has 0 radical (unpaired) electrons. The fourth-order valence-corrected chi connectivity index (χ4v) is 4.71. The number of Topliss-reactive ketones (excluding diaryl/α,β-unsaturated/α-hetero) is 1. The number of hydrogen-bond acceptors (Lipinski definition) is 7. The summed E-state index contributed by atoms with van der Waals surface area (Å²) in [5, 5.41) is 11.5. The number of likely N-dealkylation sites (tertiary alicyclic amines) is 1. The Hall–Kier alpha value is -3.59. The highest BCUT2D eigenvalue weighted by Crippen LogP contribution is 2.41. The van der Waals surface area contributed by atoms with E-state index in [9.17, 15) is 19.5 Å². The molecule has 9 nitrogen and oxygen atoms in total. The maximum atomic E-state index is 13.4. The van der Waals surface area contributed by atoms with Crippen LogP contribution in [0.2, 0.25) is 0 Å². The molecule has 1 aliphatic rings. The van der Waals surface area contributed by atoms with Gasteiger partial charge in [0.1, 0.15) is 17.2 Å². The highest BCUT2D eigenvalue weighted by molar-refractivity contribution is 6.46. The van der Waals surface area contributed by atoms with E-state index in [1.54, 1.807) is 52.1 Å². The smallest absolute Gasteiger partial charge is 0.355 e. The Bertz CT molecular complexity index is 1180. The van der Waals surface area contributed by atoms with Crippen LogP contribution in [-0.4, -0.2) is 77.4 Å². The molecular weight excluding hydrogens is 462 g/mol. The van der Waals surface area contributed by atoms with Crippen molar-refractivity contribution >= 4 is 23.4 Å². The summed E-state index contributed by atoms with van der Waals surface area (Å²) in [6, 6.07) is 6.31. The van der Waals surface area contributed by atoms with Gasteiger partial charge >= 0.3 is 5.97 Å². The topological polar surface area (TPSA) is 112 Å². The van der Waals surface area contributed by atoms with E-state index in [0.29, 0.717) is 41.2 Å². The highest BCUT2D eigenvalue weighted by Gasteiger charge is 2.46. The predicted molar refractivity (Wildman–Crippen MR) is 136 cm³/mol. The molecule has 1 fully saturated rings. The molecule has 1 aromatic carbocycles. The second-order valence-electron chi connectivity index (χ2n) is 8.64. The Morgan fingerprint density at radius 1 is 1.17 bits per heavy atom. The van der Waals surface area contributed by atoms with Crippen LogP contribution in [0.5, 0.6) is 5.75 Å². The van der Waals surface area contributed by atoms with Gasteiger partial charge in [0.05, 0.1) is 25.3 Å². The molecule has 0 saturated carbocycles. The van der Waals surface area contributed by atoms with Crippen LogP contribution in [0.3, 0.4) is 0 Å². The van der Waals surface area contributed by atoms with Crippen molar-refractivity contribution in [2.24, 2.45) is 0 Å². The lowest BCUT2D eigenvalue weighted by Gasteiger charge is -2.28. The highest BCUT2D eigenvalue weighted by atomic mass is 16.5. The third-order valence-electron chi connectivity index (χ3n) is 6.65. The van der Waals surface area contributed by atoms with E-state index in [2.05, 4.69) is 9.88 Å². The maximum absolute atomic E-state index is 13.4. The summed E-state index contributed by atoms with van der Waals surface area (Å²) in [6.45, 7) is 11.9. The van der Waals surface area contributed by atoms with Gasteiger partial charge in [0.25, 0.3) is 11.7 Å². The lowest BCUT2D eigenvalue weighted by atomic mass is 9.94. The number of hydrogen-bond donors (Lipinski definition) is 2. The van der Waals surface area contributed by atoms with Gasteiger partial charge in [-0.25, -0.2) is 4.79 Å². The molecule has 2 aromatic rings. The van der Waals surface area contributed by atoms with Crippen LogP contribution in [0.25, 0.3) is 5.76 Å². The number of esters is 1. The third kappa shape index (κ3) is 5.02. The molecule has 1 aliphatic heterocycles. The first kappa shape index (κ1) is 27.0. The normalized spacial score (nSPS) is 17.2. The number of rotatable bonds is 10. The first-order chi connectivity index (χ1) is 17.2. The van der Waals surface area contributed by atoms with Crippen molar-refractivity contribution in [3.05, 3.63) is 57.9 Å². The first-order valence-corrected chi connectivity index (χ1v) is 12.2. The minimum Gasteiger partial charge on any atom is -0.507 e. The lowest BCUT2D eigenvalue weighted by molar-refractivity contribution is -0.140. The van der Waals surface area contributed by atoms with Crippen molar-refractivity contribution < 1.29 is 29.0 Å². The molecule has 0 bridgehead atoms. The van der Waals surface area contributed by atoms with Crippen LogP contribution >= 0.6 is 0 Å². The predicted octanol–water partition coefficient (Wildman–Crippen LogP) is 3.58. The summed E-state index contributed by atoms with van der Waals surface area (Å²) in [4.78, 5) is 45.6. The van der Waals surface area contributed by atoms with Gasteiger partial charge in [-0.05, 0) is 57.1 Å². The van der Waals surface area contributed by atoms with Gasteiger partial charge in [0.2, 0.25) is 0 Å². The zero-order valence-electron chi connectivity index (χ0n) is 21.8. The number of likely N-dealkylation sites (N-methyl/N-ethyl adjacent to an activating group) is 1. The summed E-state index contributed by atoms with van der Waals surface area (Å²) in [7, 11) is 1.54. The van der Waals surface area contributed by atoms with Gasteiger partial charge in [-0.2, -0.15) is 0 Å². The number of H-pyrrole nitrogens is 1. The summed E-state index contributed by atoms with van der Waals surface area (Å²) in [5.74, 6) is -1.75. The maximum Gasteiger partial charge on any atom is 0.355 e. The first-order valence-electron chi connectivity index (χ1n) is 12.2. The standard InChI is InChI=1S/C27H35N3O6/c1-7-29(8-2)13-14-30-23(18-11-10-12-19(15-18)35-6)21(25(32)26(30)33)24(31)20-16(4)22(28-17(20)5)27(34)36-9-3/h10-12,15,23,28,31H,7-9,13-14H2,1-6H3. The summed E-state index contributed by atoms with van der Waals surface area (Å²) in [5.41, 5.74) is 2.07. The average molecular weight is 498 g/mol. The van der Waals surface area contributed by atoms with E-state index in [0.717, 1.165) is 13.1 Å². The number of carbonyl (C=O) groups is 3. The zero-order valence-corrected chi connectivity index (χ0v) is 21.8. The molecule has 194 valence electrons. The largest absolute Gasteiger partial charge is 0.507 e. The summed E-state index contributed by atoms with van der Waals surface area (Å²) >= 11 is 0. The molecular formula is C27H35N3O6. The number of methoxy groups -OCH3 is 1. The molecule has 3 rings (SSSR count). The Labute approximate surface area is 211 Å². The zero-order chi connectivity index (χ0) is 26.6. The SMILES string of the molecule is CCOC(=O)c1[nH]c(C)c(C(O)=C2C(=O)C(=O)N(CCN(CC)CC)C2c2cccc(OC)c2)c1C. The van der Waals surface area contributed by atoms with Crippen LogP contribution in [0, 0.1) is 13.8 Å². The van der Waals surface area contributed by atoms with Crippen LogP contribution < -0.4 is 4.74 Å². The van der Waals surface area contributed by atoms with Crippen LogP contribution in [0.4, 0.5) is 0 Å². The van der Waals surface area contributed by atoms with Crippen LogP contribution in [-0.2, 0) is 14.3 Å². The number of ketones is 1. The van der Waals surface area contributed by atoms with Crippen LogP contribution in [0.15, 0.2) is 29.8 Å². The van der Waals surface area contributed by atoms with Gasteiger partial charge < -0.3 is 29.4 Å². The number of aliphatic hydroxyl groups is 1. The summed E-state index contributed by atoms with van der Waals surface area (Å²) < 4.78 is 10.5. The van der Waals surface area contributed by atoms with Crippen molar-refractivity contribution in [2.45, 2.75) is 40.7 Å². The number of carbonyl (C=O) groups excluding carboxylic acids is 3. The molecule has 36 heavy (non-hydrogen) atoms. The van der Waals surface area contributed by atoms with E-state index in [1.807, 2.05) is 13.8 Å². The Morgan fingerprint density at radius 2 is 1.86 bits per heavy atom. The molecule has 1 saturated heterocycles. The number of aryl methyl sites for hydroxylation is 1. The second kappa shape index (κ2) is 11.4. The van der Waals surface area contributed by atoms with Crippen molar-refractivity contribution in [3.8, 4) is 5.75 Å². The molecule has 2 N–H and O–H groups in total. The number of ether oxygens (including phenoxy) is 2. The van der Waals surface area contributed by atoms with Crippen molar-refractivity contribution in [1.82, 2.24) is 14.8 Å². The van der Waals surface area contributed by atoms with Crippen molar-refractivity contribution in [3.63, 3.8) is 0 Å². The van der Waals surface area contributed by atoms with Gasteiger partial charge in [-0.1, -0.05) is 26.0 Å². The van der Waals surface area contributed by atoms with E-state index >= 15 is 0 Å². The minimum absolute atomic E-state index is 0.0200. The Kier molecular flexibility index (Phi) is 8.57. The van der Waals surface area contributed by atoms with Gasteiger partial charge in [0, 0.05) is 24.3 Å². The molecule has 1 aromatic heterocycles. The minimum atomic E-state index is -0.810. The Balaban J connectivity index is 2.18. The van der Waals surface area contributed by atoms with E-state index < -0.39 is 23.7 Å². The number of nitrogens with one attached hydrogen (secondary N) is 1. The van der Waals surface area contributed by atoms with Gasteiger partial charge in [-0.3, -0.25) is 9.59 Å². The number of nitrogens with zero attached hydrogens (tertiary/aromatic N) is 2. The number of benzene rings is 1. The fourth-order valence-electron chi connectivity index (χ4n) is 4.71. The number of aromatic nitrogens is 1. The fraction of sp³-hybridized carbons (Fsp3) is 0.444. The van der Waals surface area contributed by atoms with Crippen molar-refractivity contribution in [2.75, 3.05) is 39.9 Å². The second-order valence-corrected chi connectivity index (χ2v) is 8.64. The Morgan fingerprint density at radius 3 is 2.47 bits per heavy atom. The number of amides is 1. The lowest BCUT2D eigenvalue weighted by Crippen LogP contribution is -2.38. The van der Waals surface area contributed by atoms with Gasteiger partial charge in [0.15, 0.2) is 0 Å². The molecule has 1 amide bonds. The average Bonchev–Trinajstić information content (AvgIpc) is 3.31. The van der Waals surface area contributed by atoms with Crippen molar-refractivity contribution in [1.29, 1.82) is 0 Å². The molecule has 0 spiro atoms. The molecule has 2 heterocycles. The molecule has 1 atom stereocenters. The van der Waals surface area contributed by atoms with E-state index in [-0.39, 0.29) is 23.6 Å². The molecule has 0 aliphatic carbocycles. The third-order valence-corrected chi connectivity index (χ3v) is 6.65. The van der Waals surface area contributed by atoms with E-state index in [4.69, 9.17) is 9.47 Å². The summed E-state index contributed by atoms with van der Waals surface area (Å²) in [6.07, 6.45) is 0. The molecule has 1 unspecified atom stereocenters. The van der Waals surface area contributed by atoms with Gasteiger partial charge in [-0.15, -0.1) is 0 Å². The molecule has 9 heteroatoms. The monoisotopic (exact) mass is 497 g/mol. The van der Waals surface area contributed by atoms with E-state index in [1.165, 1.54) is 4.90 Å².